The summed E-state index contributed by atoms with van der Waals surface area (Å²) in [5.74, 6) is 0.565. The zero-order valence-corrected chi connectivity index (χ0v) is 13.0. The largest absolute Gasteiger partial charge is 0.326 e. The molecule has 2 unspecified atom stereocenters. The molecule has 114 valence electrons. The normalized spacial score (nSPS) is 19.5. The van der Waals surface area contributed by atoms with Crippen molar-refractivity contribution in [3.05, 3.63) is 72.1 Å². The lowest BCUT2D eigenvalue weighted by Gasteiger charge is -2.06. The van der Waals surface area contributed by atoms with E-state index < -0.39 is 0 Å². The van der Waals surface area contributed by atoms with Gasteiger partial charge >= 0.3 is 0 Å². The summed E-state index contributed by atoms with van der Waals surface area (Å²) < 4.78 is 0. The van der Waals surface area contributed by atoms with Crippen molar-refractivity contribution in [3.63, 3.8) is 0 Å². The molecule has 0 spiro atoms. The van der Waals surface area contributed by atoms with E-state index in [0.29, 0.717) is 5.92 Å². The number of carbonyl (C=O) groups excluding carboxylic acids is 1. The van der Waals surface area contributed by atoms with E-state index in [1.165, 1.54) is 11.1 Å². The quantitative estimate of drug-likeness (QED) is 0.784. The highest BCUT2D eigenvalue weighted by atomic mass is 16.2. The second-order valence-corrected chi connectivity index (χ2v) is 6.29. The number of anilines is 1. The molecular weight excluding hydrogens is 284 g/mol. The van der Waals surface area contributed by atoms with Crippen LogP contribution < -0.4 is 5.32 Å². The predicted molar refractivity (Wildman–Crippen MR) is 92.4 cm³/mol. The van der Waals surface area contributed by atoms with Crippen LogP contribution in [-0.4, -0.2) is 10.9 Å². The first kappa shape index (κ1) is 13.9. The van der Waals surface area contributed by atoms with E-state index in [4.69, 9.17) is 0 Å². The summed E-state index contributed by atoms with van der Waals surface area (Å²) >= 11 is 0. The van der Waals surface area contributed by atoms with Crippen LogP contribution in [0.25, 0.3) is 10.8 Å². The number of hydrogen-bond donors (Lipinski definition) is 1. The summed E-state index contributed by atoms with van der Waals surface area (Å²) in [5.41, 5.74) is 3.37. The van der Waals surface area contributed by atoms with Gasteiger partial charge in [-0.15, -0.1) is 0 Å². The number of nitrogens with zero attached hydrogens (tertiary/aromatic N) is 1. The summed E-state index contributed by atoms with van der Waals surface area (Å²) in [4.78, 5) is 16.5. The van der Waals surface area contributed by atoms with Gasteiger partial charge in [-0.3, -0.25) is 9.78 Å². The highest BCUT2D eigenvalue weighted by Gasteiger charge is 2.43. The number of amides is 1. The van der Waals surface area contributed by atoms with Gasteiger partial charge in [0.15, 0.2) is 0 Å². The summed E-state index contributed by atoms with van der Waals surface area (Å²) in [5, 5.41) is 5.21. The molecule has 3 heteroatoms. The Hall–Kier alpha value is -2.68. The van der Waals surface area contributed by atoms with Gasteiger partial charge in [0, 0.05) is 29.4 Å². The number of aryl methyl sites for hydroxylation is 1. The monoisotopic (exact) mass is 302 g/mol. The number of rotatable bonds is 3. The van der Waals surface area contributed by atoms with Crippen LogP contribution in [-0.2, 0) is 4.79 Å². The average Bonchev–Trinajstić information content (AvgIpc) is 3.36. The van der Waals surface area contributed by atoms with Crippen LogP contribution >= 0.6 is 0 Å². The van der Waals surface area contributed by atoms with E-state index in [1.54, 1.807) is 6.20 Å². The molecule has 3 nitrogen and oxygen atoms in total. The molecule has 0 aliphatic heterocycles. The summed E-state index contributed by atoms with van der Waals surface area (Å²) in [6.45, 7) is 2.08. The molecular formula is C20H18N2O. The molecule has 2 aromatic carbocycles. The molecule has 1 aliphatic rings. The van der Waals surface area contributed by atoms with Crippen molar-refractivity contribution >= 4 is 22.4 Å². The van der Waals surface area contributed by atoms with Crippen LogP contribution in [0.3, 0.4) is 0 Å². The molecule has 0 saturated heterocycles. The number of nitrogens with one attached hydrogen (secondary N) is 1. The minimum atomic E-state index is 0.0887. The van der Waals surface area contributed by atoms with Crippen LogP contribution in [0.15, 0.2) is 60.9 Å². The van der Waals surface area contributed by atoms with Gasteiger partial charge in [0.1, 0.15) is 0 Å². The maximum atomic E-state index is 12.4. The van der Waals surface area contributed by atoms with Crippen molar-refractivity contribution in [3.8, 4) is 0 Å². The number of fused-ring (bicyclic) bond motifs is 1. The Balaban J connectivity index is 1.46. The fourth-order valence-electron chi connectivity index (χ4n) is 3.06. The lowest BCUT2D eigenvalue weighted by Crippen LogP contribution is -2.14. The van der Waals surface area contributed by atoms with Gasteiger partial charge in [-0.1, -0.05) is 35.9 Å². The average molecular weight is 302 g/mol. The molecule has 0 radical (unpaired) electrons. The molecule has 1 aliphatic carbocycles. The van der Waals surface area contributed by atoms with Crippen LogP contribution in [0.5, 0.6) is 0 Å². The fraction of sp³-hybridized carbons (Fsp3) is 0.200. The molecule has 1 N–H and O–H groups in total. The Kier molecular flexibility index (Phi) is 3.34. The van der Waals surface area contributed by atoms with Crippen molar-refractivity contribution in [1.29, 1.82) is 0 Å². The third-order valence-electron chi connectivity index (χ3n) is 4.54. The third-order valence-corrected chi connectivity index (χ3v) is 4.54. The summed E-state index contributed by atoms with van der Waals surface area (Å²) in [6.07, 6.45) is 4.53. The topological polar surface area (TPSA) is 42.0 Å². The molecule has 23 heavy (non-hydrogen) atoms. The van der Waals surface area contributed by atoms with E-state index in [0.717, 1.165) is 22.9 Å². The molecule has 1 amide bonds. The number of benzene rings is 2. The molecule has 0 bridgehead atoms. The smallest absolute Gasteiger partial charge is 0.228 e. The third kappa shape index (κ3) is 2.82. The molecule has 1 fully saturated rings. The van der Waals surface area contributed by atoms with Crippen LogP contribution in [0, 0.1) is 12.8 Å². The first-order valence-electron chi connectivity index (χ1n) is 7.92. The zero-order valence-electron chi connectivity index (χ0n) is 13.0. The Morgan fingerprint density at radius 3 is 2.74 bits per heavy atom. The SMILES string of the molecule is Cc1ccc(C2CC2C(=O)Nc2ccc3cnccc3c2)cc1. The maximum Gasteiger partial charge on any atom is 0.228 e. The van der Waals surface area contributed by atoms with Gasteiger partial charge in [0.25, 0.3) is 0 Å². The summed E-state index contributed by atoms with van der Waals surface area (Å²) in [6, 6.07) is 16.4. The van der Waals surface area contributed by atoms with Crippen molar-refractivity contribution in [2.45, 2.75) is 19.3 Å². The second kappa shape index (κ2) is 5.51. The summed E-state index contributed by atoms with van der Waals surface area (Å²) in [7, 11) is 0. The molecule has 2 atom stereocenters. The Bertz CT molecular complexity index is 870. The van der Waals surface area contributed by atoms with Gasteiger partial charge in [0.05, 0.1) is 0 Å². The van der Waals surface area contributed by atoms with Crippen molar-refractivity contribution in [2.75, 3.05) is 5.32 Å². The molecule has 3 aromatic rings. The van der Waals surface area contributed by atoms with Crippen molar-refractivity contribution in [2.24, 2.45) is 5.92 Å². The number of hydrogen-bond acceptors (Lipinski definition) is 2. The Labute approximate surface area is 135 Å². The minimum absolute atomic E-state index is 0.0887. The highest BCUT2D eigenvalue weighted by Crippen LogP contribution is 2.48. The van der Waals surface area contributed by atoms with E-state index in [1.807, 2.05) is 30.5 Å². The lowest BCUT2D eigenvalue weighted by atomic mass is 10.1. The van der Waals surface area contributed by atoms with Crippen molar-refractivity contribution < 1.29 is 4.79 Å². The van der Waals surface area contributed by atoms with E-state index in [2.05, 4.69) is 41.5 Å². The van der Waals surface area contributed by atoms with E-state index in [9.17, 15) is 4.79 Å². The maximum absolute atomic E-state index is 12.4. The van der Waals surface area contributed by atoms with Crippen LogP contribution in [0.1, 0.15) is 23.5 Å². The zero-order chi connectivity index (χ0) is 15.8. The van der Waals surface area contributed by atoms with Gasteiger partial charge < -0.3 is 5.32 Å². The first-order chi connectivity index (χ1) is 11.2. The lowest BCUT2D eigenvalue weighted by molar-refractivity contribution is -0.117. The molecule has 1 heterocycles. The van der Waals surface area contributed by atoms with Gasteiger partial charge in [-0.05, 0) is 48.4 Å². The fourth-order valence-corrected chi connectivity index (χ4v) is 3.06. The Morgan fingerprint density at radius 2 is 1.91 bits per heavy atom. The van der Waals surface area contributed by atoms with Gasteiger partial charge in [0.2, 0.25) is 5.91 Å². The van der Waals surface area contributed by atoms with Gasteiger partial charge in [-0.2, -0.15) is 0 Å². The highest BCUT2D eigenvalue weighted by molar-refractivity contribution is 5.97. The predicted octanol–water partition coefficient (Wildman–Crippen LogP) is 4.29. The second-order valence-electron chi connectivity index (χ2n) is 6.29. The number of aromatic nitrogens is 1. The Morgan fingerprint density at radius 1 is 1.09 bits per heavy atom. The first-order valence-corrected chi connectivity index (χ1v) is 7.92. The minimum Gasteiger partial charge on any atom is -0.326 e. The van der Waals surface area contributed by atoms with Crippen LogP contribution in [0.4, 0.5) is 5.69 Å². The number of pyridine rings is 1. The molecule has 1 aromatic heterocycles. The van der Waals surface area contributed by atoms with Gasteiger partial charge in [-0.25, -0.2) is 0 Å². The van der Waals surface area contributed by atoms with Crippen LogP contribution in [0.2, 0.25) is 0 Å². The standard InChI is InChI=1S/C20H18N2O/c1-13-2-4-14(5-3-13)18-11-19(18)20(23)22-17-7-6-16-12-21-9-8-15(16)10-17/h2-10,12,18-19H,11H2,1H3,(H,22,23). The van der Waals surface area contributed by atoms with Crippen molar-refractivity contribution in [1.82, 2.24) is 4.98 Å². The molecule has 1 saturated carbocycles. The van der Waals surface area contributed by atoms with E-state index >= 15 is 0 Å². The number of carbonyl (C=O) groups is 1. The van der Waals surface area contributed by atoms with E-state index in [-0.39, 0.29) is 11.8 Å². The molecule has 4 rings (SSSR count).